The lowest BCUT2D eigenvalue weighted by Crippen LogP contribution is -2.37. The summed E-state index contributed by atoms with van der Waals surface area (Å²) in [6.45, 7) is 3.12. The molecule has 0 aromatic heterocycles. The molecule has 6 nitrogen and oxygen atoms in total. The highest BCUT2D eigenvalue weighted by Gasteiger charge is 2.18. The molecule has 1 aliphatic heterocycles. The first-order valence-electron chi connectivity index (χ1n) is 7.40. The van der Waals surface area contributed by atoms with Crippen molar-refractivity contribution in [1.82, 2.24) is 5.43 Å². The van der Waals surface area contributed by atoms with Gasteiger partial charge in [0.05, 0.1) is 30.0 Å². The van der Waals surface area contributed by atoms with E-state index in [4.69, 9.17) is 32.7 Å². The van der Waals surface area contributed by atoms with Crippen LogP contribution in [0.2, 0.25) is 10.0 Å². The fourth-order valence-electron chi connectivity index (χ4n) is 2.06. The van der Waals surface area contributed by atoms with Crippen LogP contribution in [0.1, 0.15) is 19.8 Å². The van der Waals surface area contributed by atoms with Gasteiger partial charge in [-0.15, -0.1) is 0 Å². The molecule has 1 aromatic carbocycles. The van der Waals surface area contributed by atoms with Crippen molar-refractivity contribution in [3.63, 3.8) is 0 Å². The number of hydrogen-bond acceptors (Lipinski definition) is 5. The summed E-state index contributed by atoms with van der Waals surface area (Å²) < 4.78 is 10.5. The van der Waals surface area contributed by atoms with Gasteiger partial charge in [-0.3, -0.25) is 15.8 Å². The molecule has 1 aliphatic rings. The number of halogens is 2. The van der Waals surface area contributed by atoms with Crippen LogP contribution >= 0.6 is 23.2 Å². The third-order valence-corrected chi connectivity index (χ3v) is 3.75. The van der Waals surface area contributed by atoms with E-state index in [2.05, 4.69) is 15.8 Å². The van der Waals surface area contributed by atoms with Gasteiger partial charge in [-0.25, -0.2) is 4.79 Å². The molecule has 0 saturated carbocycles. The summed E-state index contributed by atoms with van der Waals surface area (Å²) in [6.07, 6.45) is 1.99. The first-order chi connectivity index (χ1) is 11.1. The molecule has 1 fully saturated rings. The number of amidine groups is 1. The van der Waals surface area contributed by atoms with Gasteiger partial charge in [-0.2, -0.15) is 0 Å². The molecule has 0 aliphatic carbocycles. The first-order valence-corrected chi connectivity index (χ1v) is 8.16. The number of hydrazine groups is 1. The summed E-state index contributed by atoms with van der Waals surface area (Å²) in [7, 11) is 0. The molecule has 2 rings (SSSR count). The molecule has 0 radical (unpaired) electrons. The SMILES string of the molecule is CCOC(=O)C(=NC[C@H]1CCCO1)NNc1cc(Cl)ccc1Cl. The number of nitrogens with zero attached hydrogens (tertiary/aromatic N) is 1. The van der Waals surface area contributed by atoms with Crippen LogP contribution in [-0.2, 0) is 14.3 Å². The maximum Gasteiger partial charge on any atom is 0.375 e. The number of rotatable bonds is 5. The van der Waals surface area contributed by atoms with Gasteiger partial charge in [0.15, 0.2) is 0 Å². The number of anilines is 1. The second-order valence-corrected chi connectivity index (χ2v) is 5.76. The van der Waals surface area contributed by atoms with Crippen molar-refractivity contribution in [3.05, 3.63) is 28.2 Å². The molecule has 8 heteroatoms. The van der Waals surface area contributed by atoms with Crippen LogP contribution in [0.5, 0.6) is 0 Å². The molecule has 1 heterocycles. The van der Waals surface area contributed by atoms with Crippen molar-refractivity contribution in [3.8, 4) is 0 Å². The fraction of sp³-hybridized carbons (Fsp3) is 0.467. The molecule has 1 saturated heterocycles. The summed E-state index contributed by atoms with van der Waals surface area (Å²) in [5, 5.41) is 0.983. The molecule has 0 unspecified atom stereocenters. The zero-order valence-corrected chi connectivity index (χ0v) is 14.3. The van der Waals surface area contributed by atoms with E-state index < -0.39 is 5.97 Å². The van der Waals surface area contributed by atoms with E-state index in [9.17, 15) is 4.79 Å². The lowest BCUT2D eigenvalue weighted by Gasteiger charge is -2.14. The van der Waals surface area contributed by atoms with Crippen molar-refractivity contribution in [1.29, 1.82) is 0 Å². The minimum absolute atomic E-state index is 0.0379. The van der Waals surface area contributed by atoms with Crippen LogP contribution < -0.4 is 10.9 Å². The number of carbonyl (C=O) groups excluding carboxylic acids is 1. The molecule has 0 amide bonds. The average molecular weight is 360 g/mol. The summed E-state index contributed by atoms with van der Waals surface area (Å²) in [5.74, 6) is -0.477. The topological polar surface area (TPSA) is 72.0 Å². The molecular formula is C15H19Cl2N3O3. The number of esters is 1. The quantitative estimate of drug-likeness (QED) is 0.366. The number of aliphatic imine (C=N–C) groups is 1. The second kappa shape index (κ2) is 8.96. The lowest BCUT2D eigenvalue weighted by molar-refractivity contribution is -0.135. The van der Waals surface area contributed by atoms with Gasteiger partial charge in [-0.1, -0.05) is 23.2 Å². The molecule has 1 atom stereocenters. The van der Waals surface area contributed by atoms with Gasteiger partial charge in [0.2, 0.25) is 5.84 Å². The van der Waals surface area contributed by atoms with Gasteiger partial charge in [0.1, 0.15) is 0 Å². The summed E-state index contributed by atoms with van der Waals surface area (Å²) >= 11 is 12.0. The largest absolute Gasteiger partial charge is 0.460 e. The maximum absolute atomic E-state index is 12.0. The van der Waals surface area contributed by atoms with E-state index in [-0.39, 0.29) is 18.5 Å². The summed E-state index contributed by atoms with van der Waals surface area (Å²) in [5.41, 5.74) is 6.10. The standard InChI is InChI=1S/C15H19Cl2N3O3/c1-2-22-15(21)14(18-9-11-4-3-7-23-11)20-19-13-8-10(16)5-6-12(13)17/h5-6,8,11,19H,2-4,7,9H2,1H3,(H,18,20)/t11-/m1/s1. The summed E-state index contributed by atoms with van der Waals surface area (Å²) in [6, 6.07) is 4.97. The third kappa shape index (κ3) is 5.57. The van der Waals surface area contributed by atoms with Crippen LogP contribution in [0.4, 0.5) is 5.69 Å². The third-order valence-electron chi connectivity index (χ3n) is 3.19. The molecule has 126 valence electrons. The Morgan fingerprint density at radius 2 is 2.30 bits per heavy atom. The van der Waals surface area contributed by atoms with Crippen LogP contribution in [-0.4, -0.2) is 37.7 Å². The predicted molar refractivity (Wildman–Crippen MR) is 91.1 cm³/mol. The average Bonchev–Trinajstić information content (AvgIpc) is 3.04. The van der Waals surface area contributed by atoms with E-state index in [0.717, 1.165) is 19.4 Å². The highest BCUT2D eigenvalue weighted by atomic mass is 35.5. The summed E-state index contributed by atoms with van der Waals surface area (Å²) in [4.78, 5) is 16.2. The molecule has 0 spiro atoms. The minimum Gasteiger partial charge on any atom is -0.460 e. The maximum atomic E-state index is 12.0. The second-order valence-electron chi connectivity index (χ2n) is 4.92. The zero-order chi connectivity index (χ0) is 16.7. The van der Waals surface area contributed by atoms with Gasteiger partial charge in [0, 0.05) is 11.6 Å². The van der Waals surface area contributed by atoms with Crippen LogP contribution in [0.3, 0.4) is 0 Å². The monoisotopic (exact) mass is 359 g/mol. The number of benzene rings is 1. The number of hydrogen-bond donors (Lipinski definition) is 2. The Hall–Kier alpha value is -1.50. The Morgan fingerprint density at radius 1 is 1.48 bits per heavy atom. The van der Waals surface area contributed by atoms with E-state index in [1.54, 1.807) is 25.1 Å². The Morgan fingerprint density at radius 3 is 3.00 bits per heavy atom. The highest BCUT2D eigenvalue weighted by Crippen LogP contribution is 2.24. The van der Waals surface area contributed by atoms with Crippen molar-refractivity contribution in [2.45, 2.75) is 25.9 Å². The predicted octanol–water partition coefficient (Wildman–Crippen LogP) is 3.05. The van der Waals surface area contributed by atoms with Crippen LogP contribution in [0.15, 0.2) is 23.2 Å². The van der Waals surface area contributed by atoms with Gasteiger partial charge in [0.25, 0.3) is 0 Å². The minimum atomic E-state index is -0.545. The molecule has 0 bridgehead atoms. The number of carbonyl (C=O) groups is 1. The Bertz CT molecular complexity index is 575. The van der Waals surface area contributed by atoms with E-state index in [1.807, 2.05) is 0 Å². The Labute approximate surface area is 145 Å². The molecule has 1 aromatic rings. The Kier molecular flexibility index (Phi) is 6.95. The van der Waals surface area contributed by atoms with Crippen molar-refractivity contribution >= 4 is 40.7 Å². The first kappa shape index (κ1) is 17.8. The fourth-order valence-corrected chi connectivity index (χ4v) is 2.39. The van der Waals surface area contributed by atoms with Crippen molar-refractivity contribution < 1.29 is 14.3 Å². The van der Waals surface area contributed by atoms with Gasteiger partial charge in [-0.05, 0) is 38.0 Å². The van der Waals surface area contributed by atoms with Crippen molar-refractivity contribution in [2.75, 3.05) is 25.2 Å². The van der Waals surface area contributed by atoms with E-state index in [0.29, 0.717) is 22.3 Å². The Balaban J connectivity index is 2.02. The number of ether oxygens (including phenoxy) is 2. The molecule has 23 heavy (non-hydrogen) atoms. The van der Waals surface area contributed by atoms with Crippen molar-refractivity contribution in [2.24, 2.45) is 4.99 Å². The zero-order valence-electron chi connectivity index (χ0n) is 12.8. The smallest absolute Gasteiger partial charge is 0.375 e. The lowest BCUT2D eigenvalue weighted by atomic mass is 10.2. The molecular weight excluding hydrogens is 341 g/mol. The van der Waals surface area contributed by atoms with E-state index in [1.165, 1.54) is 0 Å². The van der Waals surface area contributed by atoms with Crippen LogP contribution in [0, 0.1) is 0 Å². The van der Waals surface area contributed by atoms with E-state index >= 15 is 0 Å². The highest BCUT2D eigenvalue weighted by molar-refractivity contribution is 6.36. The normalized spacial score (nSPS) is 17.9. The number of nitrogens with one attached hydrogen (secondary N) is 2. The van der Waals surface area contributed by atoms with Gasteiger partial charge >= 0.3 is 5.97 Å². The van der Waals surface area contributed by atoms with Crippen LogP contribution in [0.25, 0.3) is 0 Å². The van der Waals surface area contributed by atoms with Gasteiger partial charge < -0.3 is 9.47 Å². The molecule has 2 N–H and O–H groups in total.